The van der Waals surface area contributed by atoms with E-state index in [-0.39, 0.29) is 10.8 Å². The largest absolute Gasteiger partial charge is 0.354 e. The summed E-state index contributed by atoms with van der Waals surface area (Å²) in [5.74, 6) is 0.294. The lowest BCUT2D eigenvalue weighted by molar-refractivity contribution is -0.115. The minimum absolute atomic E-state index is 0.132. The van der Waals surface area contributed by atoms with Crippen molar-refractivity contribution < 1.29 is 17.7 Å². The van der Waals surface area contributed by atoms with Crippen LogP contribution >= 0.6 is 0 Å². The molecule has 1 amide bonds. The van der Waals surface area contributed by atoms with Crippen LogP contribution in [0.4, 0.5) is 11.4 Å². The van der Waals surface area contributed by atoms with Gasteiger partial charge in [-0.1, -0.05) is 55.4 Å². The maximum atomic E-state index is 12.9. The molecular weight excluding hydrogens is 426 g/mol. The summed E-state index contributed by atoms with van der Waals surface area (Å²) in [4.78, 5) is 11.9. The number of anilines is 2. The van der Waals surface area contributed by atoms with Crippen molar-refractivity contribution in [2.75, 3.05) is 10.0 Å². The number of nitrogens with one attached hydrogen (secondary N) is 2. The first kappa shape index (κ1) is 23.3. The van der Waals surface area contributed by atoms with Crippen LogP contribution in [0.3, 0.4) is 0 Å². The van der Waals surface area contributed by atoms with Crippen LogP contribution in [0.1, 0.15) is 48.4 Å². The van der Waals surface area contributed by atoms with Crippen molar-refractivity contribution in [3.63, 3.8) is 0 Å². The summed E-state index contributed by atoms with van der Waals surface area (Å²) in [7, 11) is -3.72. The first-order chi connectivity index (χ1) is 15.2. The maximum absolute atomic E-state index is 12.9. The molecule has 2 N–H and O–H groups in total. The summed E-state index contributed by atoms with van der Waals surface area (Å²) in [6.07, 6.45) is 4.53. The summed E-state index contributed by atoms with van der Waals surface area (Å²) in [5, 5.41) is 6.67. The Labute approximate surface area is 188 Å². The van der Waals surface area contributed by atoms with E-state index in [1.165, 1.54) is 0 Å². The average Bonchev–Trinajstić information content (AvgIpc) is 3.13. The molecule has 0 aliphatic heterocycles. The monoisotopic (exact) mass is 453 g/mol. The molecule has 3 aromatic rings. The van der Waals surface area contributed by atoms with Gasteiger partial charge in [-0.25, -0.2) is 8.42 Å². The number of para-hydroxylation sites is 1. The second-order valence-corrected chi connectivity index (χ2v) is 9.06. The fourth-order valence-electron chi connectivity index (χ4n) is 3.17. The van der Waals surface area contributed by atoms with E-state index in [0.717, 1.165) is 23.1 Å². The Balaban J connectivity index is 1.79. The lowest BCUT2D eigenvalue weighted by atomic mass is 10.1. The fraction of sp³-hybridized carbons (Fsp3) is 0.250. The standard InChI is InChI=1S/C24H27N3O4S/c1-5-19-9-7-8-16(3)23(19)27-32(29,30)20-13-10-18(11-14-20)12-15-21-24(17(4)26-31-21)25-22(28)6-2/h7-15,27H,5-6H2,1-4H3,(H,25,28). The highest BCUT2D eigenvalue weighted by Gasteiger charge is 2.17. The first-order valence-electron chi connectivity index (χ1n) is 10.4. The van der Waals surface area contributed by atoms with Gasteiger partial charge in [0.15, 0.2) is 5.76 Å². The predicted molar refractivity (Wildman–Crippen MR) is 127 cm³/mol. The van der Waals surface area contributed by atoms with Crippen molar-refractivity contribution in [3.8, 4) is 0 Å². The van der Waals surface area contributed by atoms with Crippen LogP contribution in [0.2, 0.25) is 0 Å². The van der Waals surface area contributed by atoms with Gasteiger partial charge in [0, 0.05) is 6.42 Å². The zero-order valence-electron chi connectivity index (χ0n) is 18.6. The number of benzene rings is 2. The third-order valence-corrected chi connectivity index (χ3v) is 6.43. The van der Waals surface area contributed by atoms with Crippen molar-refractivity contribution in [3.05, 3.63) is 70.6 Å². The zero-order chi connectivity index (χ0) is 23.3. The number of aromatic nitrogens is 1. The van der Waals surface area contributed by atoms with Crippen molar-refractivity contribution in [1.29, 1.82) is 0 Å². The molecule has 0 aliphatic carbocycles. The molecule has 0 aliphatic rings. The molecule has 1 aromatic heterocycles. The summed E-state index contributed by atoms with van der Waals surface area (Å²) in [6, 6.07) is 12.2. The van der Waals surface area contributed by atoms with Crippen molar-refractivity contribution >= 4 is 39.5 Å². The quantitative estimate of drug-likeness (QED) is 0.490. The number of carbonyl (C=O) groups is 1. The number of hydrogen-bond acceptors (Lipinski definition) is 5. The van der Waals surface area contributed by atoms with Crippen molar-refractivity contribution in [2.24, 2.45) is 0 Å². The Morgan fingerprint density at radius 2 is 1.75 bits per heavy atom. The highest BCUT2D eigenvalue weighted by Crippen LogP contribution is 2.26. The number of aryl methyl sites for hydroxylation is 3. The van der Waals surface area contributed by atoms with E-state index in [1.54, 1.807) is 50.3 Å². The number of sulfonamides is 1. The third kappa shape index (κ3) is 5.26. The summed E-state index contributed by atoms with van der Waals surface area (Å²) in [6.45, 7) is 7.38. The molecule has 32 heavy (non-hydrogen) atoms. The van der Waals surface area contributed by atoms with E-state index in [2.05, 4.69) is 15.2 Å². The van der Waals surface area contributed by atoms with Crippen LogP contribution in [-0.4, -0.2) is 19.5 Å². The Morgan fingerprint density at radius 3 is 2.41 bits per heavy atom. The molecule has 0 bridgehead atoms. The minimum atomic E-state index is -3.72. The summed E-state index contributed by atoms with van der Waals surface area (Å²) in [5.41, 5.74) is 4.34. The Kier molecular flexibility index (Phi) is 7.15. The van der Waals surface area contributed by atoms with E-state index in [4.69, 9.17) is 4.52 Å². The number of rotatable bonds is 8. The second kappa shape index (κ2) is 9.82. The molecule has 0 saturated carbocycles. The average molecular weight is 454 g/mol. The summed E-state index contributed by atoms with van der Waals surface area (Å²) >= 11 is 0. The lowest BCUT2D eigenvalue weighted by Crippen LogP contribution is -2.15. The van der Waals surface area contributed by atoms with E-state index in [1.807, 2.05) is 32.0 Å². The molecule has 2 aromatic carbocycles. The number of nitrogens with zero attached hydrogens (tertiary/aromatic N) is 1. The number of carbonyl (C=O) groups excluding carboxylic acids is 1. The first-order valence-corrected chi connectivity index (χ1v) is 11.9. The molecule has 8 heteroatoms. The fourth-order valence-corrected chi connectivity index (χ4v) is 4.35. The van der Waals surface area contributed by atoms with Crippen LogP contribution in [0.5, 0.6) is 0 Å². The van der Waals surface area contributed by atoms with E-state index in [0.29, 0.717) is 29.2 Å². The van der Waals surface area contributed by atoms with E-state index < -0.39 is 10.0 Å². The Hall–Kier alpha value is -3.39. The Morgan fingerprint density at radius 1 is 1.03 bits per heavy atom. The van der Waals surface area contributed by atoms with Crippen LogP contribution < -0.4 is 10.0 Å². The van der Waals surface area contributed by atoms with Gasteiger partial charge in [-0.05, 0) is 55.2 Å². The SMILES string of the molecule is CCC(=O)Nc1c(C)noc1C=Cc1ccc(S(=O)(=O)Nc2c(C)cccc2CC)cc1. The smallest absolute Gasteiger partial charge is 0.261 e. The molecule has 0 spiro atoms. The molecular formula is C24H27N3O4S. The van der Waals surface area contributed by atoms with Crippen LogP contribution in [0.25, 0.3) is 12.2 Å². The van der Waals surface area contributed by atoms with Gasteiger partial charge in [-0.2, -0.15) is 0 Å². The summed E-state index contributed by atoms with van der Waals surface area (Å²) < 4.78 is 33.8. The Bertz CT molecular complexity index is 1240. The highest BCUT2D eigenvalue weighted by molar-refractivity contribution is 7.92. The van der Waals surface area contributed by atoms with Gasteiger partial charge in [0.05, 0.1) is 10.6 Å². The molecule has 0 fully saturated rings. The van der Waals surface area contributed by atoms with Gasteiger partial charge < -0.3 is 9.84 Å². The van der Waals surface area contributed by atoms with Gasteiger partial charge in [0.2, 0.25) is 5.91 Å². The zero-order valence-corrected chi connectivity index (χ0v) is 19.4. The number of hydrogen-bond donors (Lipinski definition) is 2. The highest BCUT2D eigenvalue weighted by atomic mass is 32.2. The van der Waals surface area contributed by atoms with E-state index in [9.17, 15) is 13.2 Å². The normalized spacial score (nSPS) is 11.6. The topological polar surface area (TPSA) is 101 Å². The number of amides is 1. The van der Waals surface area contributed by atoms with Gasteiger partial charge >= 0.3 is 0 Å². The van der Waals surface area contributed by atoms with Crippen LogP contribution in [-0.2, 0) is 21.2 Å². The third-order valence-electron chi connectivity index (χ3n) is 5.07. The van der Waals surface area contributed by atoms with Crippen LogP contribution in [0.15, 0.2) is 51.9 Å². The second-order valence-electron chi connectivity index (χ2n) is 7.38. The van der Waals surface area contributed by atoms with Crippen LogP contribution in [0, 0.1) is 13.8 Å². The van der Waals surface area contributed by atoms with Crippen molar-refractivity contribution in [2.45, 2.75) is 45.4 Å². The predicted octanol–water partition coefficient (Wildman–Crippen LogP) is 5.17. The van der Waals surface area contributed by atoms with Gasteiger partial charge in [-0.15, -0.1) is 0 Å². The molecule has 0 saturated heterocycles. The van der Waals surface area contributed by atoms with Gasteiger partial charge in [0.25, 0.3) is 10.0 Å². The maximum Gasteiger partial charge on any atom is 0.261 e. The van der Waals surface area contributed by atoms with Gasteiger partial charge in [0.1, 0.15) is 11.4 Å². The van der Waals surface area contributed by atoms with E-state index >= 15 is 0 Å². The molecule has 0 atom stereocenters. The molecule has 0 radical (unpaired) electrons. The molecule has 1 heterocycles. The molecule has 0 unspecified atom stereocenters. The lowest BCUT2D eigenvalue weighted by Gasteiger charge is -2.14. The molecule has 168 valence electrons. The molecule has 7 nitrogen and oxygen atoms in total. The van der Waals surface area contributed by atoms with Gasteiger partial charge in [-0.3, -0.25) is 9.52 Å². The van der Waals surface area contributed by atoms with Crippen molar-refractivity contribution in [1.82, 2.24) is 5.16 Å². The minimum Gasteiger partial charge on any atom is -0.354 e. The molecule has 3 rings (SSSR count).